The van der Waals surface area contributed by atoms with E-state index in [0.717, 1.165) is 11.1 Å². The molecule has 8 heteroatoms. The number of non-ortho nitro benzene ring substituents is 1. The van der Waals surface area contributed by atoms with Gasteiger partial charge in [-0.15, -0.1) is 24.0 Å². The van der Waals surface area contributed by atoms with Gasteiger partial charge in [-0.2, -0.15) is 0 Å². The van der Waals surface area contributed by atoms with Gasteiger partial charge in [0.2, 0.25) is 0 Å². The monoisotopic (exact) mass is 429 g/mol. The predicted molar refractivity (Wildman–Crippen MR) is 101 cm³/mol. The molecular weight excluding hydrogens is 409 g/mol. The summed E-state index contributed by atoms with van der Waals surface area (Å²) in [6.07, 6.45) is 4.01. The number of hydrogen-bond acceptors (Lipinski definition) is 3. The minimum Gasteiger partial charge on any atom is -0.357 e. The Kier molecular flexibility index (Phi) is 7.52. The van der Waals surface area contributed by atoms with E-state index in [0.29, 0.717) is 19.0 Å². The largest absolute Gasteiger partial charge is 0.357 e. The molecule has 0 radical (unpaired) electrons. The SMILES string of the molecule is CN=C(NCc1cccc([N+](=O)[O-])c1)NCc1ccn(C)c1.I. The topological polar surface area (TPSA) is 84.5 Å². The van der Waals surface area contributed by atoms with Crippen LogP contribution in [0, 0.1) is 10.1 Å². The number of hydrogen-bond donors (Lipinski definition) is 2. The second kappa shape index (κ2) is 9.13. The van der Waals surface area contributed by atoms with Crippen molar-refractivity contribution in [2.75, 3.05) is 7.05 Å². The van der Waals surface area contributed by atoms with E-state index in [1.807, 2.05) is 36.1 Å². The van der Waals surface area contributed by atoms with Gasteiger partial charge in [0.05, 0.1) is 4.92 Å². The molecule has 0 aliphatic carbocycles. The number of nitro benzene ring substituents is 1. The first-order valence-corrected chi connectivity index (χ1v) is 6.87. The molecule has 0 spiro atoms. The van der Waals surface area contributed by atoms with Gasteiger partial charge in [0.15, 0.2) is 5.96 Å². The van der Waals surface area contributed by atoms with Gasteiger partial charge in [0.25, 0.3) is 5.69 Å². The molecule has 23 heavy (non-hydrogen) atoms. The lowest BCUT2D eigenvalue weighted by atomic mass is 10.2. The average Bonchev–Trinajstić information content (AvgIpc) is 2.93. The van der Waals surface area contributed by atoms with E-state index in [4.69, 9.17) is 0 Å². The first kappa shape index (κ1) is 18.9. The first-order chi connectivity index (χ1) is 10.6. The molecule has 0 aliphatic rings. The fraction of sp³-hybridized carbons (Fsp3) is 0.267. The zero-order chi connectivity index (χ0) is 15.9. The summed E-state index contributed by atoms with van der Waals surface area (Å²) in [5, 5.41) is 17.1. The maximum atomic E-state index is 10.8. The number of guanidine groups is 1. The van der Waals surface area contributed by atoms with Crippen LogP contribution < -0.4 is 10.6 Å². The Morgan fingerprint density at radius 2 is 1.96 bits per heavy atom. The number of nitro groups is 1. The molecule has 0 unspecified atom stereocenters. The molecule has 0 fully saturated rings. The van der Waals surface area contributed by atoms with E-state index >= 15 is 0 Å². The van der Waals surface area contributed by atoms with Crippen LogP contribution in [0.15, 0.2) is 47.7 Å². The highest BCUT2D eigenvalue weighted by atomic mass is 127. The van der Waals surface area contributed by atoms with Crippen molar-refractivity contribution in [3.8, 4) is 0 Å². The molecule has 2 N–H and O–H groups in total. The molecule has 0 aliphatic heterocycles. The van der Waals surface area contributed by atoms with Crippen molar-refractivity contribution in [3.63, 3.8) is 0 Å². The zero-order valence-electron chi connectivity index (χ0n) is 13.0. The molecule has 1 heterocycles. The van der Waals surface area contributed by atoms with Crippen LogP contribution in [0.25, 0.3) is 0 Å². The van der Waals surface area contributed by atoms with Crippen LogP contribution in [0.3, 0.4) is 0 Å². The van der Waals surface area contributed by atoms with Gasteiger partial charge in [-0.3, -0.25) is 15.1 Å². The number of halogens is 1. The van der Waals surface area contributed by atoms with Crippen LogP contribution >= 0.6 is 24.0 Å². The Balaban J connectivity index is 0.00000264. The van der Waals surface area contributed by atoms with Crippen molar-refractivity contribution in [2.24, 2.45) is 12.0 Å². The Morgan fingerprint density at radius 3 is 2.52 bits per heavy atom. The zero-order valence-corrected chi connectivity index (χ0v) is 15.4. The summed E-state index contributed by atoms with van der Waals surface area (Å²) >= 11 is 0. The van der Waals surface area contributed by atoms with Crippen LogP contribution in [-0.2, 0) is 20.1 Å². The number of nitrogens with zero attached hydrogens (tertiary/aromatic N) is 3. The van der Waals surface area contributed by atoms with Crippen molar-refractivity contribution in [3.05, 3.63) is 64.0 Å². The Labute approximate surface area is 152 Å². The van der Waals surface area contributed by atoms with Crippen molar-refractivity contribution in [2.45, 2.75) is 13.1 Å². The van der Waals surface area contributed by atoms with E-state index in [2.05, 4.69) is 15.6 Å². The number of rotatable bonds is 5. The summed E-state index contributed by atoms with van der Waals surface area (Å²) in [4.78, 5) is 14.5. The Hall–Kier alpha value is -2.10. The summed E-state index contributed by atoms with van der Waals surface area (Å²) in [5.41, 5.74) is 2.07. The third-order valence-electron chi connectivity index (χ3n) is 3.16. The molecule has 0 atom stereocenters. The molecular formula is C15H20IN5O2. The summed E-state index contributed by atoms with van der Waals surface area (Å²) in [6, 6.07) is 8.57. The molecule has 0 amide bonds. The van der Waals surface area contributed by atoms with E-state index in [-0.39, 0.29) is 29.7 Å². The second-order valence-corrected chi connectivity index (χ2v) is 4.89. The van der Waals surface area contributed by atoms with Gasteiger partial charge in [-0.05, 0) is 17.2 Å². The number of aliphatic imine (C=N–C) groups is 1. The quantitative estimate of drug-likeness (QED) is 0.252. The lowest BCUT2D eigenvalue weighted by Gasteiger charge is -2.11. The highest BCUT2D eigenvalue weighted by molar-refractivity contribution is 14.0. The fourth-order valence-corrected chi connectivity index (χ4v) is 2.04. The normalized spacial score (nSPS) is 10.8. The predicted octanol–water partition coefficient (Wildman–Crippen LogP) is 2.42. The van der Waals surface area contributed by atoms with Gasteiger partial charge >= 0.3 is 0 Å². The fourth-order valence-electron chi connectivity index (χ4n) is 2.04. The molecule has 2 aromatic rings. The second-order valence-electron chi connectivity index (χ2n) is 4.89. The van der Waals surface area contributed by atoms with Gasteiger partial charge in [-0.25, -0.2) is 0 Å². The lowest BCUT2D eigenvalue weighted by molar-refractivity contribution is -0.384. The van der Waals surface area contributed by atoms with Crippen LogP contribution in [0.5, 0.6) is 0 Å². The van der Waals surface area contributed by atoms with Crippen molar-refractivity contribution in [1.82, 2.24) is 15.2 Å². The van der Waals surface area contributed by atoms with Crippen molar-refractivity contribution in [1.29, 1.82) is 0 Å². The number of aromatic nitrogens is 1. The van der Waals surface area contributed by atoms with Gasteiger partial charge < -0.3 is 15.2 Å². The minimum atomic E-state index is -0.397. The van der Waals surface area contributed by atoms with Crippen LogP contribution in [0.2, 0.25) is 0 Å². The lowest BCUT2D eigenvalue weighted by Crippen LogP contribution is -2.36. The molecule has 2 rings (SSSR count). The van der Waals surface area contributed by atoms with E-state index in [1.54, 1.807) is 19.2 Å². The molecule has 1 aromatic carbocycles. The highest BCUT2D eigenvalue weighted by Gasteiger charge is 2.06. The molecule has 7 nitrogen and oxygen atoms in total. The maximum absolute atomic E-state index is 10.8. The van der Waals surface area contributed by atoms with E-state index < -0.39 is 4.92 Å². The van der Waals surface area contributed by atoms with Crippen molar-refractivity contribution >= 4 is 35.6 Å². The molecule has 0 saturated carbocycles. The molecule has 1 aromatic heterocycles. The number of aryl methyl sites for hydroxylation is 1. The average molecular weight is 429 g/mol. The van der Waals surface area contributed by atoms with Crippen molar-refractivity contribution < 1.29 is 4.92 Å². The summed E-state index contributed by atoms with van der Waals surface area (Å²) in [7, 11) is 3.66. The molecule has 0 bridgehead atoms. The third-order valence-corrected chi connectivity index (χ3v) is 3.16. The number of nitrogens with one attached hydrogen (secondary N) is 2. The Morgan fingerprint density at radius 1 is 1.26 bits per heavy atom. The minimum absolute atomic E-state index is 0. The summed E-state index contributed by atoms with van der Waals surface area (Å²) < 4.78 is 1.98. The van der Waals surface area contributed by atoms with Crippen LogP contribution in [0.1, 0.15) is 11.1 Å². The van der Waals surface area contributed by atoms with Crippen LogP contribution in [-0.4, -0.2) is 22.5 Å². The standard InChI is InChI=1S/C15H19N5O2.HI/c1-16-15(18-10-13-6-7-19(2)11-13)17-9-12-4-3-5-14(8-12)20(21)22;/h3-8,11H,9-10H2,1-2H3,(H2,16,17,18);1H. The smallest absolute Gasteiger partial charge is 0.269 e. The van der Waals surface area contributed by atoms with Gasteiger partial charge in [-0.1, -0.05) is 12.1 Å². The molecule has 124 valence electrons. The Bertz CT molecular complexity index is 684. The van der Waals surface area contributed by atoms with E-state index in [1.165, 1.54) is 6.07 Å². The third kappa shape index (κ3) is 5.89. The molecule has 0 saturated heterocycles. The van der Waals surface area contributed by atoms with E-state index in [9.17, 15) is 10.1 Å². The summed E-state index contributed by atoms with van der Waals surface area (Å²) in [5.74, 6) is 0.648. The summed E-state index contributed by atoms with van der Waals surface area (Å²) in [6.45, 7) is 1.13. The van der Waals surface area contributed by atoms with Crippen LogP contribution in [0.4, 0.5) is 5.69 Å². The first-order valence-electron chi connectivity index (χ1n) is 6.87. The van der Waals surface area contributed by atoms with Gasteiger partial charge in [0.1, 0.15) is 0 Å². The highest BCUT2D eigenvalue weighted by Crippen LogP contribution is 2.12. The number of benzene rings is 1. The van der Waals surface area contributed by atoms with Gasteiger partial charge in [0, 0.05) is 51.7 Å². The maximum Gasteiger partial charge on any atom is 0.269 e.